The number of hydrogen-bond donors (Lipinski definition) is 0. The average molecular weight is 470 g/mol. The van der Waals surface area contributed by atoms with Gasteiger partial charge in [0.15, 0.2) is 5.75 Å². The monoisotopic (exact) mass is 469 g/mol. The lowest BCUT2D eigenvalue weighted by Gasteiger charge is -2.12. The first-order valence-electron chi connectivity index (χ1n) is 9.46. The van der Waals surface area contributed by atoms with Crippen molar-refractivity contribution in [2.45, 2.75) is 13.2 Å². The molecule has 0 atom stereocenters. The van der Waals surface area contributed by atoms with Crippen LogP contribution in [0.15, 0.2) is 77.7 Å². The Kier molecular flexibility index (Phi) is 6.66. The second kappa shape index (κ2) is 9.60. The Hall–Kier alpha value is -2.73. The first kappa shape index (κ1) is 21.5. The number of hydrogen-bond acceptors (Lipinski definition) is 4. The summed E-state index contributed by atoms with van der Waals surface area (Å²) in [7, 11) is 0. The maximum absolute atomic E-state index is 12.7. The number of rotatable bonds is 6. The molecule has 4 nitrogen and oxygen atoms in total. The summed E-state index contributed by atoms with van der Waals surface area (Å²) in [5.41, 5.74) is 2.50. The summed E-state index contributed by atoms with van der Waals surface area (Å²) in [5.74, 6) is 0.0389. The predicted octanol–water partition coefficient (Wildman–Crippen LogP) is 6.81. The number of carbonyl (C=O) groups is 2. The number of ether oxygens (including phenoxy) is 1. The van der Waals surface area contributed by atoms with Crippen LogP contribution in [0.5, 0.6) is 5.75 Å². The van der Waals surface area contributed by atoms with E-state index in [1.165, 1.54) is 4.90 Å². The van der Waals surface area contributed by atoms with Crippen LogP contribution in [0.2, 0.25) is 10.0 Å². The van der Waals surface area contributed by atoms with Crippen LogP contribution in [-0.4, -0.2) is 16.0 Å². The molecule has 2 amide bonds. The van der Waals surface area contributed by atoms with Gasteiger partial charge >= 0.3 is 0 Å². The molecule has 7 heteroatoms. The molecule has 1 aliphatic rings. The van der Waals surface area contributed by atoms with Crippen LogP contribution in [0, 0.1) is 0 Å². The number of imide groups is 1. The lowest BCUT2D eigenvalue weighted by molar-refractivity contribution is -0.123. The van der Waals surface area contributed by atoms with E-state index >= 15 is 0 Å². The highest BCUT2D eigenvalue weighted by molar-refractivity contribution is 8.18. The Bertz CT molecular complexity index is 1130. The number of benzene rings is 3. The van der Waals surface area contributed by atoms with Crippen molar-refractivity contribution in [2.75, 3.05) is 0 Å². The van der Waals surface area contributed by atoms with Crippen LogP contribution in [0.4, 0.5) is 4.79 Å². The molecule has 4 rings (SSSR count). The van der Waals surface area contributed by atoms with Crippen molar-refractivity contribution in [1.29, 1.82) is 0 Å². The van der Waals surface area contributed by atoms with E-state index < -0.39 is 0 Å². The second-order valence-electron chi connectivity index (χ2n) is 6.84. The molecule has 0 aliphatic carbocycles. The minimum Gasteiger partial charge on any atom is -0.486 e. The average Bonchev–Trinajstić information content (AvgIpc) is 3.02. The van der Waals surface area contributed by atoms with E-state index in [1.54, 1.807) is 18.2 Å². The fourth-order valence-corrected chi connectivity index (χ4v) is 4.54. The summed E-state index contributed by atoms with van der Waals surface area (Å²) in [6, 6.07) is 22.4. The van der Waals surface area contributed by atoms with Crippen molar-refractivity contribution in [2.24, 2.45) is 0 Å². The molecule has 1 aliphatic heterocycles. The van der Waals surface area contributed by atoms with E-state index in [4.69, 9.17) is 27.9 Å². The van der Waals surface area contributed by atoms with Crippen LogP contribution in [0.3, 0.4) is 0 Å². The maximum Gasteiger partial charge on any atom is 0.293 e. The number of halogens is 2. The zero-order valence-corrected chi connectivity index (χ0v) is 18.6. The van der Waals surface area contributed by atoms with Crippen LogP contribution < -0.4 is 4.74 Å². The van der Waals surface area contributed by atoms with Gasteiger partial charge < -0.3 is 4.74 Å². The minimum atomic E-state index is -0.337. The van der Waals surface area contributed by atoms with Gasteiger partial charge in [0.1, 0.15) is 6.61 Å². The van der Waals surface area contributed by atoms with Gasteiger partial charge in [0, 0.05) is 0 Å². The van der Waals surface area contributed by atoms with Crippen molar-refractivity contribution in [3.8, 4) is 5.75 Å². The molecule has 0 bridgehead atoms. The number of carbonyl (C=O) groups excluding carboxylic acids is 2. The molecule has 0 radical (unpaired) electrons. The summed E-state index contributed by atoms with van der Waals surface area (Å²) in [5, 5.41) is 0.358. The van der Waals surface area contributed by atoms with Gasteiger partial charge in [-0.15, -0.1) is 0 Å². The van der Waals surface area contributed by atoms with Gasteiger partial charge in [-0.1, -0.05) is 83.9 Å². The zero-order chi connectivity index (χ0) is 21.8. The van der Waals surface area contributed by atoms with Gasteiger partial charge in [0.25, 0.3) is 11.1 Å². The Morgan fingerprint density at radius 1 is 0.871 bits per heavy atom. The fourth-order valence-electron chi connectivity index (χ4n) is 3.08. The zero-order valence-electron chi connectivity index (χ0n) is 16.3. The van der Waals surface area contributed by atoms with Gasteiger partial charge in [0.05, 0.1) is 21.5 Å². The molecule has 3 aromatic carbocycles. The molecule has 1 fully saturated rings. The van der Waals surface area contributed by atoms with E-state index in [0.717, 1.165) is 22.9 Å². The van der Waals surface area contributed by atoms with Gasteiger partial charge in [0.2, 0.25) is 0 Å². The molecule has 0 N–H and O–H groups in total. The Morgan fingerprint density at radius 3 is 2.06 bits per heavy atom. The topological polar surface area (TPSA) is 46.6 Å². The molecule has 31 heavy (non-hydrogen) atoms. The Morgan fingerprint density at radius 2 is 1.45 bits per heavy atom. The van der Waals surface area contributed by atoms with Crippen molar-refractivity contribution in [1.82, 2.24) is 4.90 Å². The number of amides is 2. The second-order valence-corrected chi connectivity index (χ2v) is 8.65. The highest BCUT2D eigenvalue weighted by atomic mass is 35.5. The SMILES string of the molecule is O=C1S/C(=C\c2cc(Cl)c(OCc3ccccc3)c(Cl)c2)C(=O)N1Cc1ccccc1. The number of thioether (sulfide) groups is 1. The maximum atomic E-state index is 12.7. The molecule has 0 aromatic heterocycles. The van der Waals surface area contributed by atoms with E-state index in [1.807, 2.05) is 60.7 Å². The molecular weight excluding hydrogens is 453 g/mol. The lowest BCUT2D eigenvalue weighted by atomic mass is 10.2. The molecule has 0 saturated carbocycles. The highest BCUT2D eigenvalue weighted by Gasteiger charge is 2.35. The standard InChI is InChI=1S/C24H17Cl2NO3S/c25-19-11-18(12-20(26)22(19)30-15-17-9-5-2-6-10-17)13-21-23(28)27(24(29)31-21)14-16-7-3-1-4-8-16/h1-13H,14-15H2/b21-13-. The smallest absolute Gasteiger partial charge is 0.293 e. The summed E-state index contributed by atoms with van der Waals surface area (Å²) >= 11 is 13.7. The van der Waals surface area contributed by atoms with Crippen LogP contribution in [0.1, 0.15) is 16.7 Å². The first-order valence-corrected chi connectivity index (χ1v) is 11.0. The molecular formula is C24H17Cl2NO3S. The van der Waals surface area contributed by atoms with Gasteiger partial charge in [-0.05, 0) is 46.7 Å². The third-order valence-electron chi connectivity index (χ3n) is 4.60. The van der Waals surface area contributed by atoms with E-state index in [9.17, 15) is 9.59 Å². The van der Waals surface area contributed by atoms with Crippen molar-refractivity contribution >= 4 is 52.2 Å². The van der Waals surface area contributed by atoms with E-state index in [0.29, 0.717) is 32.9 Å². The quantitative estimate of drug-likeness (QED) is 0.372. The van der Waals surface area contributed by atoms with Crippen LogP contribution in [0.25, 0.3) is 6.08 Å². The van der Waals surface area contributed by atoms with Crippen molar-refractivity contribution in [3.63, 3.8) is 0 Å². The molecule has 156 valence electrons. The van der Waals surface area contributed by atoms with E-state index in [2.05, 4.69) is 0 Å². The van der Waals surface area contributed by atoms with Crippen LogP contribution >= 0.6 is 35.0 Å². The summed E-state index contributed by atoms with van der Waals surface area (Å²) < 4.78 is 5.78. The summed E-state index contributed by atoms with van der Waals surface area (Å²) in [4.78, 5) is 26.7. The van der Waals surface area contributed by atoms with Gasteiger partial charge in [-0.25, -0.2) is 0 Å². The van der Waals surface area contributed by atoms with E-state index in [-0.39, 0.29) is 17.7 Å². The summed E-state index contributed by atoms with van der Waals surface area (Å²) in [6.45, 7) is 0.564. The van der Waals surface area contributed by atoms with Gasteiger partial charge in [-0.3, -0.25) is 14.5 Å². The molecule has 3 aromatic rings. The fraction of sp³-hybridized carbons (Fsp3) is 0.0833. The normalized spacial score (nSPS) is 15.0. The van der Waals surface area contributed by atoms with Crippen molar-refractivity contribution in [3.05, 3.63) is 104 Å². The number of nitrogens with zero attached hydrogens (tertiary/aromatic N) is 1. The highest BCUT2D eigenvalue weighted by Crippen LogP contribution is 2.38. The predicted molar refractivity (Wildman–Crippen MR) is 125 cm³/mol. The van der Waals surface area contributed by atoms with Crippen molar-refractivity contribution < 1.29 is 14.3 Å². The molecule has 1 saturated heterocycles. The summed E-state index contributed by atoms with van der Waals surface area (Å²) in [6.07, 6.45) is 1.62. The Balaban J connectivity index is 1.50. The van der Waals surface area contributed by atoms with Crippen LogP contribution in [-0.2, 0) is 17.9 Å². The third-order valence-corrected chi connectivity index (χ3v) is 6.07. The third kappa shape index (κ3) is 5.13. The Labute approximate surface area is 194 Å². The first-order chi connectivity index (χ1) is 15.0. The largest absolute Gasteiger partial charge is 0.486 e. The lowest BCUT2D eigenvalue weighted by Crippen LogP contribution is -2.27. The molecule has 0 unspecified atom stereocenters. The minimum absolute atomic E-state index is 0.233. The van der Waals surface area contributed by atoms with Gasteiger partial charge in [-0.2, -0.15) is 0 Å². The molecule has 0 spiro atoms. The molecule has 1 heterocycles.